The lowest BCUT2D eigenvalue weighted by atomic mass is 10.2. The average Bonchev–Trinajstić information content (AvgIpc) is 2.26. The number of nitrogens with zero attached hydrogens (tertiary/aromatic N) is 2. The van der Waals surface area contributed by atoms with Gasteiger partial charge < -0.3 is 5.32 Å². The van der Waals surface area contributed by atoms with E-state index in [-0.39, 0.29) is 5.69 Å². The van der Waals surface area contributed by atoms with E-state index >= 15 is 0 Å². The molecule has 5 heteroatoms. The number of carbonyl (C=O) groups excluding carboxylic acids is 1. The van der Waals surface area contributed by atoms with Gasteiger partial charge in [-0.15, -0.1) is 0 Å². The Balaban J connectivity index is 2.70. The molecule has 0 aliphatic carbocycles. The molecular weight excluding hydrogens is 197 g/mol. The van der Waals surface area contributed by atoms with Crippen molar-refractivity contribution >= 4 is 5.91 Å². The van der Waals surface area contributed by atoms with Gasteiger partial charge in [-0.05, 0) is 18.6 Å². The number of pyridine rings is 1. The van der Waals surface area contributed by atoms with Gasteiger partial charge in [0.1, 0.15) is 17.6 Å². The molecule has 0 saturated heterocycles. The number of hydrogen-bond donors (Lipinski definition) is 1. The van der Waals surface area contributed by atoms with E-state index in [9.17, 15) is 9.18 Å². The Bertz CT molecular complexity index is 383. The van der Waals surface area contributed by atoms with Crippen LogP contribution < -0.4 is 5.32 Å². The summed E-state index contributed by atoms with van der Waals surface area (Å²) in [7, 11) is 0. The molecule has 0 saturated carbocycles. The first-order valence-electron chi connectivity index (χ1n) is 4.49. The number of rotatable bonds is 3. The summed E-state index contributed by atoms with van der Waals surface area (Å²) < 4.78 is 12.5. The monoisotopic (exact) mass is 207 g/mol. The second-order valence-electron chi connectivity index (χ2n) is 2.93. The van der Waals surface area contributed by atoms with Crippen molar-refractivity contribution in [2.75, 3.05) is 0 Å². The summed E-state index contributed by atoms with van der Waals surface area (Å²) >= 11 is 0. The summed E-state index contributed by atoms with van der Waals surface area (Å²) in [5.41, 5.74) is 0.102. The quantitative estimate of drug-likeness (QED) is 0.811. The molecule has 1 aromatic heterocycles. The summed E-state index contributed by atoms with van der Waals surface area (Å²) in [4.78, 5) is 15.0. The fourth-order valence-corrected chi connectivity index (χ4v) is 0.968. The predicted molar refractivity (Wildman–Crippen MR) is 51.4 cm³/mol. The van der Waals surface area contributed by atoms with Crippen molar-refractivity contribution < 1.29 is 9.18 Å². The Hall–Kier alpha value is -1.96. The average molecular weight is 207 g/mol. The van der Waals surface area contributed by atoms with Gasteiger partial charge in [0.25, 0.3) is 5.91 Å². The summed E-state index contributed by atoms with van der Waals surface area (Å²) in [6.07, 6.45) is 1.48. The molecule has 78 valence electrons. The highest BCUT2D eigenvalue weighted by Gasteiger charge is 2.11. The molecule has 1 aromatic rings. The SMILES string of the molecule is CCC(C#N)NC(=O)c1ccc(F)cn1. The first kappa shape index (κ1) is 11.1. The normalized spacial score (nSPS) is 11.5. The summed E-state index contributed by atoms with van der Waals surface area (Å²) in [5, 5.41) is 11.1. The van der Waals surface area contributed by atoms with Crippen molar-refractivity contribution in [3.8, 4) is 6.07 Å². The number of aromatic nitrogens is 1. The minimum Gasteiger partial charge on any atom is -0.335 e. The molecule has 1 unspecified atom stereocenters. The fourth-order valence-electron chi connectivity index (χ4n) is 0.968. The second kappa shape index (κ2) is 5.05. The maximum Gasteiger partial charge on any atom is 0.270 e. The van der Waals surface area contributed by atoms with E-state index in [1.165, 1.54) is 6.07 Å². The van der Waals surface area contributed by atoms with Crippen LogP contribution in [0.5, 0.6) is 0 Å². The second-order valence-corrected chi connectivity index (χ2v) is 2.93. The lowest BCUT2D eigenvalue weighted by Crippen LogP contribution is -2.33. The molecular formula is C10H10FN3O. The molecule has 0 radical (unpaired) electrons. The topological polar surface area (TPSA) is 65.8 Å². The Morgan fingerprint density at radius 3 is 2.93 bits per heavy atom. The number of nitriles is 1. The van der Waals surface area contributed by atoms with Gasteiger partial charge in [0.05, 0.1) is 12.3 Å². The van der Waals surface area contributed by atoms with E-state index in [1.807, 2.05) is 6.07 Å². The Kier molecular flexibility index (Phi) is 3.75. The molecule has 1 rings (SSSR count). The van der Waals surface area contributed by atoms with E-state index in [2.05, 4.69) is 10.3 Å². The van der Waals surface area contributed by atoms with Crippen LogP contribution in [0.2, 0.25) is 0 Å². The maximum absolute atomic E-state index is 12.5. The predicted octanol–water partition coefficient (Wildman–Crippen LogP) is 1.25. The summed E-state index contributed by atoms with van der Waals surface area (Å²) in [6.45, 7) is 1.78. The molecule has 0 aliphatic rings. The highest BCUT2D eigenvalue weighted by molar-refractivity contribution is 5.92. The highest BCUT2D eigenvalue weighted by atomic mass is 19.1. The minimum absolute atomic E-state index is 0.102. The molecule has 4 nitrogen and oxygen atoms in total. The molecule has 15 heavy (non-hydrogen) atoms. The molecule has 0 aliphatic heterocycles. The maximum atomic E-state index is 12.5. The van der Waals surface area contributed by atoms with Gasteiger partial charge in [0.2, 0.25) is 0 Å². The van der Waals surface area contributed by atoms with Crippen LogP contribution in [-0.4, -0.2) is 16.9 Å². The Morgan fingerprint density at radius 2 is 2.47 bits per heavy atom. The van der Waals surface area contributed by atoms with Crippen molar-refractivity contribution in [1.82, 2.24) is 10.3 Å². The standard InChI is InChI=1S/C10H10FN3O/c1-2-8(5-12)14-10(15)9-4-3-7(11)6-13-9/h3-4,6,8H,2H2,1H3,(H,14,15). The van der Waals surface area contributed by atoms with Crippen molar-refractivity contribution in [3.63, 3.8) is 0 Å². The van der Waals surface area contributed by atoms with Crippen LogP contribution in [0.3, 0.4) is 0 Å². The van der Waals surface area contributed by atoms with Crippen LogP contribution in [0.25, 0.3) is 0 Å². The Labute approximate surface area is 86.7 Å². The van der Waals surface area contributed by atoms with Crippen LogP contribution >= 0.6 is 0 Å². The first-order chi connectivity index (χ1) is 7.17. The van der Waals surface area contributed by atoms with Crippen molar-refractivity contribution in [3.05, 3.63) is 29.8 Å². The molecule has 1 amide bonds. The van der Waals surface area contributed by atoms with E-state index < -0.39 is 17.8 Å². The lowest BCUT2D eigenvalue weighted by Gasteiger charge is -2.07. The van der Waals surface area contributed by atoms with Gasteiger partial charge in [0.15, 0.2) is 0 Å². The van der Waals surface area contributed by atoms with E-state index in [1.54, 1.807) is 6.92 Å². The molecule has 0 bridgehead atoms. The third kappa shape index (κ3) is 3.02. The molecule has 0 fully saturated rings. The zero-order valence-corrected chi connectivity index (χ0v) is 8.20. The van der Waals surface area contributed by atoms with E-state index in [0.717, 1.165) is 12.3 Å². The molecule has 1 atom stereocenters. The lowest BCUT2D eigenvalue weighted by molar-refractivity contribution is 0.0939. The third-order valence-electron chi connectivity index (χ3n) is 1.83. The van der Waals surface area contributed by atoms with Gasteiger partial charge in [-0.25, -0.2) is 9.37 Å². The van der Waals surface area contributed by atoms with Gasteiger partial charge in [-0.1, -0.05) is 6.92 Å². The van der Waals surface area contributed by atoms with Crippen molar-refractivity contribution in [2.24, 2.45) is 0 Å². The molecule has 1 heterocycles. The van der Waals surface area contributed by atoms with Crippen molar-refractivity contribution in [2.45, 2.75) is 19.4 Å². The smallest absolute Gasteiger partial charge is 0.270 e. The number of hydrogen-bond acceptors (Lipinski definition) is 3. The third-order valence-corrected chi connectivity index (χ3v) is 1.83. The zero-order valence-electron chi connectivity index (χ0n) is 8.20. The number of nitrogens with one attached hydrogen (secondary N) is 1. The van der Waals surface area contributed by atoms with Gasteiger partial charge >= 0.3 is 0 Å². The van der Waals surface area contributed by atoms with Crippen LogP contribution in [0, 0.1) is 17.1 Å². The summed E-state index contributed by atoms with van der Waals surface area (Å²) in [6, 6.07) is 3.81. The first-order valence-corrected chi connectivity index (χ1v) is 4.49. The van der Waals surface area contributed by atoms with Gasteiger partial charge in [-0.3, -0.25) is 4.79 Å². The molecule has 0 aromatic carbocycles. The van der Waals surface area contributed by atoms with E-state index in [0.29, 0.717) is 6.42 Å². The zero-order chi connectivity index (χ0) is 11.3. The fraction of sp³-hybridized carbons (Fsp3) is 0.300. The van der Waals surface area contributed by atoms with Crippen LogP contribution in [0.4, 0.5) is 4.39 Å². The number of halogens is 1. The van der Waals surface area contributed by atoms with E-state index in [4.69, 9.17) is 5.26 Å². The number of amides is 1. The van der Waals surface area contributed by atoms with Gasteiger partial charge in [0, 0.05) is 0 Å². The van der Waals surface area contributed by atoms with Crippen molar-refractivity contribution in [1.29, 1.82) is 5.26 Å². The van der Waals surface area contributed by atoms with Crippen LogP contribution in [-0.2, 0) is 0 Å². The van der Waals surface area contributed by atoms with Gasteiger partial charge in [-0.2, -0.15) is 5.26 Å². The van der Waals surface area contributed by atoms with Crippen LogP contribution in [0.15, 0.2) is 18.3 Å². The van der Waals surface area contributed by atoms with Crippen LogP contribution in [0.1, 0.15) is 23.8 Å². The summed E-state index contributed by atoms with van der Waals surface area (Å²) in [5.74, 6) is -0.970. The molecule has 1 N–H and O–H groups in total. The minimum atomic E-state index is -0.538. The Morgan fingerprint density at radius 1 is 1.73 bits per heavy atom. The highest BCUT2D eigenvalue weighted by Crippen LogP contribution is 1.99. The largest absolute Gasteiger partial charge is 0.335 e. The molecule has 0 spiro atoms. The number of carbonyl (C=O) groups is 1.